The van der Waals surface area contributed by atoms with E-state index in [9.17, 15) is 8.42 Å². The monoisotopic (exact) mass is 376 g/mol. The minimum atomic E-state index is -3.22. The molecule has 0 amide bonds. The van der Waals surface area contributed by atoms with Crippen LogP contribution in [0.15, 0.2) is 24.3 Å². The number of benzene rings is 1. The number of piperidine rings is 1. The van der Waals surface area contributed by atoms with Gasteiger partial charge in [-0.3, -0.25) is 0 Å². The quantitative estimate of drug-likeness (QED) is 0.858. The lowest BCUT2D eigenvalue weighted by molar-refractivity contribution is -0.0239. The van der Waals surface area contributed by atoms with E-state index < -0.39 is 10.0 Å². The van der Waals surface area contributed by atoms with Gasteiger partial charge in [-0.2, -0.15) is 0 Å². The van der Waals surface area contributed by atoms with Gasteiger partial charge in [0.05, 0.1) is 11.3 Å². The van der Waals surface area contributed by atoms with Crippen LogP contribution in [0.4, 0.5) is 0 Å². The summed E-state index contributed by atoms with van der Waals surface area (Å²) in [6.45, 7) is 3.34. The molecule has 5 rings (SSSR count). The molecule has 1 aromatic rings. The van der Waals surface area contributed by atoms with Gasteiger partial charge in [0, 0.05) is 31.6 Å². The maximum absolute atomic E-state index is 12.6. The Morgan fingerprint density at radius 3 is 2.54 bits per heavy atom. The molecule has 1 atom stereocenters. The lowest BCUT2D eigenvalue weighted by atomic mass is 9.81. The van der Waals surface area contributed by atoms with Crippen LogP contribution in [0.3, 0.4) is 0 Å². The molecule has 3 fully saturated rings. The molecule has 6 heteroatoms. The molecule has 2 aliphatic heterocycles. The molecule has 142 valence electrons. The van der Waals surface area contributed by atoms with E-state index >= 15 is 0 Å². The van der Waals surface area contributed by atoms with Gasteiger partial charge in [-0.05, 0) is 50.5 Å². The van der Waals surface area contributed by atoms with Gasteiger partial charge in [0.15, 0.2) is 0 Å². The number of rotatable bonds is 5. The zero-order chi connectivity index (χ0) is 17.8. The molecule has 1 N–H and O–H groups in total. The number of fused-ring (bicyclic) bond motifs is 1. The van der Waals surface area contributed by atoms with E-state index in [-0.39, 0.29) is 16.9 Å². The average molecular weight is 377 g/mol. The van der Waals surface area contributed by atoms with Crippen molar-refractivity contribution in [3.05, 3.63) is 29.8 Å². The normalized spacial score (nSPS) is 28.5. The third-order valence-electron chi connectivity index (χ3n) is 6.45. The van der Waals surface area contributed by atoms with Crippen LogP contribution < -0.4 is 9.46 Å². The summed E-state index contributed by atoms with van der Waals surface area (Å²) < 4.78 is 34.6. The zero-order valence-electron chi connectivity index (χ0n) is 15.2. The predicted octanol–water partition coefficient (Wildman–Crippen LogP) is 2.84. The molecule has 2 heterocycles. The van der Waals surface area contributed by atoms with E-state index in [4.69, 9.17) is 4.74 Å². The highest BCUT2D eigenvalue weighted by atomic mass is 32.2. The smallest absolute Gasteiger partial charge is 0.215 e. The highest BCUT2D eigenvalue weighted by molar-refractivity contribution is 7.90. The van der Waals surface area contributed by atoms with Crippen LogP contribution in [0.25, 0.3) is 0 Å². The van der Waals surface area contributed by atoms with E-state index in [0.29, 0.717) is 0 Å². The van der Waals surface area contributed by atoms with E-state index in [0.717, 1.165) is 62.4 Å². The lowest BCUT2D eigenvalue weighted by Crippen LogP contribution is -2.52. The fourth-order valence-electron chi connectivity index (χ4n) is 4.51. The lowest BCUT2D eigenvalue weighted by Gasteiger charge is -2.47. The summed E-state index contributed by atoms with van der Waals surface area (Å²) in [4.78, 5) is 2.57. The second-order valence-electron chi connectivity index (χ2n) is 8.69. The number of hydrogen-bond donors (Lipinski definition) is 1. The minimum Gasteiger partial charge on any atom is -0.487 e. The Kier molecular flexibility index (Phi) is 4.07. The molecular weight excluding hydrogens is 348 g/mol. The molecular formula is C20H28N2O3S. The third kappa shape index (κ3) is 3.39. The summed E-state index contributed by atoms with van der Waals surface area (Å²) in [6, 6.07) is 7.78. The molecule has 26 heavy (non-hydrogen) atoms. The highest BCUT2D eigenvalue weighted by Crippen LogP contribution is 2.45. The van der Waals surface area contributed by atoms with Gasteiger partial charge in [0.25, 0.3) is 0 Å². The topological polar surface area (TPSA) is 58.6 Å². The summed E-state index contributed by atoms with van der Waals surface area (Å²) in [5.74, 6) is 1.77. The summed E-state index contributed by atoms with van der Waals surface area (Å²) >= 11 is 0. The molecule has 0 bridgehead atoms. The third-order valence-corrected chi connectivity index (χ3v) is 8.41. The van der Waals surface area contributed by atoms with Gasteiger partial charge in [-0.15, -0.1) is 0 Å². The first-order valence-corrected chi connectivity index (χ1v) is 11.6. The first-order valence-electron chi connectivity index (χ1n) is 10.0. The zero-order valence-corrected chi connectivity index (χ0v) is 16.0. The van der Waals surface area contributed by atoms with E-state index in [1.54, 1.807) is 0 Å². The number of hydrogen-bond acceptors (Lipinski definition) is 4. The van der Waals surface area contributed by atoms with Crippen LogP contribution in [0.1, 0.15) is 56.6 Å². The molecule has 1 saturated heterocycles. The van der Waals surface area contributed by atoms with Crippen molar-refractivity contribution in [2.24, 2.45) is 5.92 Å². The van der Waals surface area contributed by atoms with Crippen LogP contribution >= 0.6 is 0 Å². The number of nitrogens with zero attached hydrogens (tertiary/aromatic N) is 1. The van der Waals surface area contributed by atoms with Crippen LogP contribution in [0.5, 0.6) is 5.75 Å². The van der Waals surface area contributed by atoms with Crippen LogP contribution in [0.2, 0.25) is 0 Å². The number of likely N-dealkylation sites (tertiary alicyclic amines) is 1. The molecule has 1 spiro atoms. The molecule has 5 nitrogen and oxygen atoms in total. The second kappa shape index (κ2) is 6.21. The SMILES string of the molecule is O=S(=O)(NC1CC2(CCN(CC3CC3)CC2)Oc2ccccc21)C1CC1. The predicted molar refractivity (Wildman–Crippen MR) is 101 cm³/mol. The molecule has 0 radical (unpaired) electrons. The summed E-state index contributed by atoms with van der Waals surface area (Å²) in [6.07, 6.45) is 7.06. The van der Waals surface area contributed by atoms with Crippen molar-refractivity contribution < 1.29 is 13.2 Å². The molecule has 2 aliphatic carbocycles. The van der Waals surface area contributed by atoms with Crippen molar-refractivity contribution in [1.29, 1.82) is 0 Å². The van der Waals surface area contributed by atoms with Gasteiger partial charge in [0.2, 0.25) is 10.0 Å². The highest BCUT2D eigenvalue weighted by Gasteiger charge is 2.46. The minimum absolute atomic E-state index is 0.166. The number of sulfonamides is 1. The standard InChI is InChI=1S/C20H28N2O3S/c23-26(24,16-7-8-16)21-18-13-20(25-19-4-2-1-3-17(18)19)9-11-22(12-10-20)14-15-5-6-15/h1-4,15-16,18,21H,5-14H2. The maximum atomic E-state index is 12.6. The van der Waals surface area contributed by atoms with Crippen molar-refractivity contribution in [1.82, 2.24) is 9.62 Å². The van der Waals surface area contributed by atoms with Crippen molar-refractivity contribution in [2.45, 2.75) is 61.8 Å². The number of nitrogens with one attached hydrogen (secondary N) is 1. The largest absolute Gasteiger partial charge is 0.487 e. The maximum Gasteiger partial charge on any atom is 0.215 e. The first-order chi connectivity index (χ1) is 12.5. The van der Waals surface area contributed by atoms with Crippen molar-refractivity contribution in [3.63, 3.8) is 0 Å². The number of ether oxygens (including phenoxy) is 1. The first kappa shape index (κ1) is 17.0. The summed E-state index contributed by atoms with van der Waals surface area (Å²) in [5, 5.41) is -0.186. The van der Waals surface area contributed by atoms with Gasteiger partial charge >= 0.3 is 0 Å². The Morgan fingerprint density at radius 1 is 1.12 bits per heavy atom. The Balaban J connectivity index is 1.35. The summed E-state index contributed by atoms with van der Waals surface area (Å²) in [5.41, 5.74) is 0.758. The van der Waals surface area contributed by atoms with E-state index in [1.807, 2.05) is 24.3 Å². The molecule has 4 aliphatic rings. The number of para-hydroxylation sites is 1. The fourth-order valence-corrected chi connectivity index (χ4v) is 6.07. The van der Waals surface area contributed by atoms with Crippen LogP contribution in [-0.2, 0) is 10.0 Å². The van der Waals surface area contributed by atoms with Crippen molar-refractivity contribution in [3.8, 4) is 5.75 Å². The van der Waals surface area contributed by atoms with Crippen molar-refractivity contribution >= 4 is 10.0 Å². The molecule has 2 saturated carbocycles. The Hall–Kier alpha value is -1.11. The Labute approximate surface area is 156 Å². The Morgan fingerprint density at radius 2 is 1.85 bits per heavy atom. The molecule has 0 aromatic heterocycles. The van der Waals surface area contributed by atoms with Gasteiger partial charge in [-0.1, -0.05) is 18.2 Å². The van der Waals surface area contributed by atoms with Crippen LogP contribution in [0, 0.1) is 5.92 Å². The average Bonchev–Trinajstić information content (AvgIpc) is 3.50. The Bertz CT molecular complexity index is 778. The summed E-state index contributed by atoms with van der Waals surface area (Å²) in [7, 11) is -3.22. The fraction of sp³-hybridized carbons (Fsp3) is 0.700. The van der Waals surface area contributed by atoms with Crippen molar-refractivity contribution in [2.75, 3.05) is 19.6 Å². The second-order valence-corrected chi connectivity index (χ2v) is 10.7. The van der Waals surface area contributed by atoms with E-state index in [1.165, 1.54) is 19.4 Å². The molecule has 1 aromatic carbocycles. The van der Waals surface area contributed by atoms with Crippen LogP contribution in [-0.4, -0.2) is 43.8 Å². The van der Waals surface area contributed by atoms with Gasteiger partial charge in [-0.25, -0.2) is 13.1 Å². The van der Waals surface area contributed by atoms with Gasteiger partial charge < -0.3 is 9.64 Å². The van der Waals surface area contributed by atoms with E-state index in [2.05, 4.69) is 9.62 Å². The van der Waals surface area contributed by atoms with Gasteiger partial charge in [0.1, 0.15) is 11.4 Å². The molecule has 1 unspecified atom stereocenters.